The summed E-state index contributed by atoms with van der Waals surface area (Å²) in [5.74, 6) is -1.01. The lowest BCUT2D eigenvalue weighted by molar-refractivity contribution is -0.141. The number of aliphatic carboxylic acids is 1. The summed E-state index contributed by atoms with van der Waals surface area (Å²) in [6.45, 7) is 2.82. The number of carbonyl (C=O) groups is 2. The number of hydrogen-bond acceptors (Lipinski definition) is 3. The van der Waals surface area contributed by atoms with E-state index in [2.05, 4.69) is 10.6 Å². The number of rotatable bonds is 3. The van der Waals surface area contributed by atoms with Crippen molar-refractivity contribution in [3.63, 3.8) is 0 Å². The van der Waals surface area contributed by atoms with Gasteiger partial charge in [-0.15, -0.1) is 0 Å². The number of carboxylic acids is 1. The van der Waals surface area contributed by atoms with Gasteiger partial charge in [-0.05, 0) is 52.0 Å². The Kier molecular flexibility index (Phi) is 3.90. The highest BCUT2D eigenvalue weighted by Crippen LogP contribution is 2.27. The highest BCUT2D eigenvalue weighted by atomic mass is 16.4. The van der Waals surface area contributed by atoms with Crippen LogP contribution in [0.2, 0.25) is 0 Å². The predicted molar refractivity (Wildman–Crippen MR) is 67.2 cm³/mol. The molecule has 1 saturated heterocycles. The zero-order valence-corrected chi connectivity index (χ0v) is 10.9. The van der Waals surface area contributed by atoms with E-state index in [1.165, 1.54) is 0 Å². The fourth-order valence-electron chi connectivity index (χ4n) is 2.93. The monoisotopic (exact) mass is 254 g/mol. The fourth-order valence-corrected chi connectivity index (χ4v) is 2.93. The number of nitrogens with one attached hydrogen (secondary N) is 2. The molecule has 102 valence electrons. The van der Waals surface area contributed by atoms with Gasteiger partial charge >= 0.3 is 5.97 Å². The number of piperidine rings is 1. The van der Waals surface area contributed by atoms with Crippen LogP contribution in [0.3, 0.4) is 0 Å². The van der Waals surface area contributed by atoms with Gasteiger partial charge in [0.1, 0.15) is 0 Å². The van der Waals surface area contributed by atoms with Crippen LogP contribution in [0.5, 0.6) is 0 Å². The second kappa shape index (κ2) is 5.26. The number of carboxylic acid groups (broad SMARTS) is 1. The van der Waals surface area contributed by atoms with Crippen LogP contribution in [-0.4, -0.2) is 35.1 Å². The van der Waals surface area contributed by atoms with Crippen molar-refractivity contribution < 1.29 is 14.7 Å². The lowest BCUT2D eigenvalue weighted by Gasteiger charge is -2.34. The van der Waals surface area contributed by atoms with E-state index in [4.69, 9.17) is 5.11 Å². The minimum Gasteiger partial charge on any atom is -0.481 e. The summed E-state index contributed by atoms with van der Waals surface area (Å²) in [6, 6.07) is 0.0270. The normalized spacial score (nSPS) is 36.3. The molecule has 0 spiro atoms. The van der Waals surface area contributed by atoms with Gasteiger partial charge in [0.25, 0.3) is 0 Å². The lowest BCUT2D eigenvalue weighted by atomic mass is 9.89. The first kappa shape index (κ1) is 13.3. The highest BCUT2D eigenvalue weighted by molar-refractivity contribution is 5.86. The second-order valence-electron chi connectivity index (χ2n) is 5.73. The van der Waals surface area contributed by atoms with E-state index in [0.29, 0.717) is 12.8 Å². The summed E-state index contributed by atoms with van der Waals surface area (Å²) in [6.07, 6.45) is 5.06. The van der Waals surface area contributed by atoms with Crippen molar-refractivity contribution in [1.29, 1.82) is 0 Å². The van der Waals surface area contributed by atoms with Crippen molar-refractivity contribution in [2.24, 2.45) is 5.92 Å². The molecule has 2 rings (SSSR count). The summed E-state index contributed by atoms with van der Waals surface area (Å²) in [5.41, 5.74) is -0.473. The predicted octanol–water partition coefficient (Wildman–Crippen LogP) is 0.888. The van der Waals surface area contributed by atoms with Crippen LogP contribution in [-0.2, 0) is 9.59 Å². The first-order valence-electron chi connectivity index (χ1n) is 6.80. The third-order valence-corrected chi connectivity index (χ3v) is 4.24. The molecule has 1 amide bonds. The van der Waals surface area contributed by atoms with E-state index in [1.54, 1.807) is 0 Å². The molecule has 3 atom stereocenters. The molecule has 0 aromatic rings. The molecule has 0 bridgehead atoms. The van der Waals surface area contributed by atoms with Gasteiger partial charge in [-0.2, -0.15) is 0 Å². The summed E-state index contributed by atoms with van der Waals surface area (Å²) in [4.78, 5) is 23.1. The molecular weight excluding hydrogens is 232 g/mol. The summed E-state index contributed by atoms with van der Waals surface area (Å²) < 4.78 is 0. The Labute approximate surface area is 107 Å². The van der Waals surface area contributed by atoms with Crippen LogP contribution in [0.4, 0.5) is 0 Å². The molecule has 2 aliphatic rings. The molecule has 3 N–H and O–H groups in total. The van der Waals surface area contributed by atoms with Gasteiger partial charge in [0, 0.05) is 6.04 Å². The Morgan fingerprint density at radius 2 is 2.11 bits per heavy atom. The molecular formula is C13H22N2O3. The smallest absolute Gasteiger partial charge is 0.306 e. The van der Waals surface area contributed by atoms with E-state index in [9.17, 15) is 9.59 Å². The molecule has 1 aliphatic heterocycles. The van der Waals surface area contributed by atoms with Crippen molar-refractivity contribution in [2.45, 2.75) is 57.0 Å². The number of amides is 1. The number of carbonyl (C=O) groups excluding carboxylic acids is 1. The van der Waals surface area contributed by atoms with Crippen molar-refractivity contribution in [1.82, 2.24) is 10.6 Å². The van der Waals surface area contributed by atoms with Gasteiger partial charge < -0.3 is 15.7 Å². The van der Waals surface area contributed by atoms with Gasteiger partial charge in [0.05, 0.1) is 11.5 Å². The van der Waals surface area contributed by atoms with Crippen LogP contribution in [0.15, 0.2) is 0 Å². The zero-order chi connectivity index (χ0) is 13.2. The van der Waals surface area contributed by atoms with Gasteiger partial charge in [-0.25, -0.2) is 0 Å². The maximum absolute atomic E-state index is 12.2. The quantitative estimate of drug-likeness (QED) is 0.699. The van der Waals surface area contributed by atoms with Crippen LogP contribution in [0.25, 0.3) is 0 Å². The molecule has 0 radical (unpaired) electrons. The largest absolute Gasteiger partial charge is 0.481 e. The van der Waals surface area contributed by atoms with Crippen LogP contribution < -0.4 is 10.6 Å². The molecule has 2 fully saturated rings. The van der Waals surface area contributed by atoms with E-state index in [0.717, 1.165) is 32.2 Å². The summed E-state index contributed by atoms with van der Waals surface area (Å²) in [5, 5.41) is 15.2. The van der Waals surface area contributed by atoms with Crippen molar-refractivity contribution >= 4 is 11.9 Å². The molecule has 18 heavy (non-hydrogen) atoms. The van der Waals surface area contributed by atoms with Crippen molar-refractivity contribution in [2.75, 3.05) is 6.54 Å². The maximum Gasteiger partial charge on any atom is 0.306 e. The average Bonchev–Trinajstić information content (AvgIpc) is 2.78. The molecule has 1 heterocycles. The van der Waals surface area contributed by atoms with Gasteiger partial charge in [0.2, 0.25) is 5.91 Å². The van der Waals surface area contributed by atoms with Crippen molar-refractivity contribution in [3.8, 4) is 0 Å². The van der Waals surface area contributed by atoms with Crippen LogP contribution >= 0.6 is 0 Å². The third kappa shape index (κ3) is 2.83. The SMILES string of the molecule is CC1(C(=O)N[C@H]2CC[C@@H](C(=O)O)C2)CCCCN1. The average molecular weight is 254 g/mol. The number of hydrogen-bond donors (Lipinski definition) is 3. The molecule has 5 heteroatoms. The highest BCUT2D eigenvalue weighted by Gasteiger charge is 2.37. The minimum atomic E-state index is -0.742. The molecule has 5 nitrogen and oxygen atoms in total. The van der Waals surface area contributed by atoms with E-state index < -0.39 is 11.5 Å². The second-order valence-corrected chi connectivity index (χ2v) is 5.73. The first-order valence-corrected chi connectivity index (χ1v) is 6.80. The Morgan fingerprint density at radius 3 is 2.67 bits per heavy atom. The van der Waals surface area contributed by atoms with E-state index in [1.807, 2.05) is 6.92 Å². The van der Waals surface area contributed by atoms with Crippen LogP contribution in [0.1, 0.15) is 45.4 Å². The maximum atomic E-state index is 12.2. The lowest BCUT2D eigenvalue weighted by Crippen LogP contribution is -2.58. The summed E-state index contributed by atoms with van der Waals surface area (Å²) >= 11 is 0. The molecule has 0 aromatic heterocycles. The molecule has 1 saturated carbocycles. The topological polar surface area (TPSA) is 78.4 Å². The Balaban J connectivity index is 1.86. The van der Waals surface area contributed by atoms with E-state index in [-0.39, 0.29) is 17.9 Å². The van der Waals surface area contributed by atoms with Crippen LogP contribution in [0, 0.1) is 5.92 Å². The third-order valence-electron chi connectivity index (χ3n) is 4.24. The van der Waals surface area contributed by atoms with Gasteiger partial charge in [-0.3, -0.25) is 9.59 Å². The molecule has 1 unspecified atom stereocenters. The summed E-state index contributed by atoms with van der Waals surface area (Å²) in [7, 11) is 0. The Hall–Kier alpha value is -1.10. The Morgan fingerprint density at radius 1 is 1.33 bits per heavy atom. The van der Waals surface area contributed by atoms with Gasteiger partial charge in [-0.1, -0.05) is 0 Å². The van der Waals surface area contributed by atoms with Gasteiger partial charge in [0.15, 0.2) is 0 Å². The fraction of sp³-hybridized carbons (Fsp3) is 0.846. The standard InChI is InChI=1S/C13H22N2O3/c1-13(6-2-3-7-14-13)12(18)15-10-5-4-9(8-10)11(16)17/h9-10,14H,2-8H2,1H3,(H,15,18)(H,16,17)/t9-,10+,13?/m1/s1. The molecule has 1 aliphatic carbocycles. The Bertz CT molecular complexity index is 337. The molecule has 0 aromatic carbocycles. The minimum absolute atomic E-state index is 0.0261. The first-order chi connectivity index (χ1) is 8.51. The zero-order valence-electron chi connectivity index (χ0n) is 10.9. The van der Waals surface area contributed by atoms with E-state index >= 15 is 0 Å². The van der Waals surface area contributed by atoms with Crippen molar-refractivity contribution in [3.05, 3.63) is 0 Å².